The second-order valence-electron chi connectivity index (χ2n) is 9.74. The third-order valence-corrected chi connectivity index (χ3v) is 7.02. The molecule has 0 saturated carbocycles. The Kier molecular flexibility index (Phi) is 5.84. The first-order valence-electron chi connectivity index (χ1n) is 12.3. The summed E-state index contributed by atoms with van der Waals surface area (Å²) in [5, 5.41) is 8.38. The molecule has 14 heteroatoms. The summed E-state index contributed by atoms with van der Waals surface area (Å²) in [5.41, 5.74) is -3.58. The van der Waals surface area contributed by atoms with E-state index in [2.05, 4.69) is 31.1 Å². The van der Waals surface area contributed by atoms with Gasteiger partial charge in [-0.25, -0.2) is 18.7 Å². The molecule has 4 aromatic rings. The van der Waals surface area contributed by atoms with Crippen molar-refractivity contribution in [2.45, 2.75) is 36.5 Å². The van der Waals surface area contributed by atoms with Crippen LogP contribution in [0.25, 0.3) is 11.2 Å². The van der Waals surface area contributed by atoms with Crippen LogP contribution in [0.1, 0.15) is 34.5 Å². The van der Waals surface area contributed by atoms with Crippen LogP contribution in [-0.2, 0) is 18.0 Å². The standard InChI is InChI=1S/C27H18F7N7/c1-2-16-7-6-10-19(25(14-35-25)27(32,33)34)18(16)13-41-38-20-21(39-41)36-23(26(30,31)17-8-4-3-5-9-17)37-22(20)40-12-11-24(28,29)15-40/h1,3-10,14H,11-13,15H2. The molecule has 2 aliphatic rings. The van der Waals surface area contributed by atoms with Gasteiger partial charge in [-0.15, -0.1) is 16.6 Å². The highest BCUT2D eigenvalue weighted by molar-refractivity contribution is 5.88. The first kappa shape index (κ1) is 26.7. The first-order chi connectivity index (χ1) is 19.3. The number of alkyl halides is 7. The maximum atomic E-state index is 15.5. The molecule has 1 atom stereocenters. The lowest BCUT2D eigenvalue weighted by Crippen LogP contribution is -2.33. The van der Waals surface area contributed by atoms with Gasteiger partial charge in [-0.2, -0.15) is 26.7 Å². The van der Waals surface area contributed by atoms with Crippen molar-refractivity contribution in [2.75, 3.05) is 18.0 Å². The minimum atomic E-state index is -4.74. The van der Waals surface area contributed by atoms with Crippen molar-refractivity contribution < 1.29 is 30.7 Å². The number of hydrogen-bond donors (Lipinski definition) is 0. The van der Waals surface area contributed by atoms with E-state index < -0.39 is 54.5 Å². The minimum Gasteiger partial charge on any atom is -0.348 e. The second-order valence-corrected chi connectivity index (χ2v) is 9.74. The van der Waals surface area contributed by atoms with Crippen LogP contribution in [0.5, 0.6) is 0 Å². The molecule has 1 fully saturated rings. The maximum absolute atomic E-state index is 15.5. The summed E-state index contributed by atoms with van der Waals surface area (Å²) < 4.78 is 101. The predicted molar refractivity (Wildman–Crippen MR) is 134 cm³/mol. The Labute approximate surface area is 227 Å². The monoisotopic (exact) mass is 573 g/mol. The van der Waals surface area contributed by atoms with E-state index in [0.717, 1.165) is 15.9 Å². The van der Waals surface area contributed by atoms with E-state index in [0.29, 0.717) is 0 Å². The van der Waals surface area contributed by atoms with E-state index in [-0.39, 0.29) is 40.2 Å². The molecule has 0 spiro atoms. The number of terminal acetylenes is 1. The molecule has 0 aliphatic carbocycles. The van der Waals surface area contributed by atoms with Crippen LogP contribution in [0.15, 0.2) is 53.5 Å². The number of fused-ring (bicyclic) bond motifs is 1. The highest BCUT2D eigenvalue weighted by Gasteiger charge is 2.62. The van der Waals surface area contributed by atoms with E-state index in [9.17, 15) is 22.0 Å². The molecule has 4 heterocycles. The molecular formula is C27H18F7N7. The van der Waals surface area contributed by atoms with E-state index in [4.69, 9.17) is 6.42 Å². The predicted octanol–water partition coefficient (Wildman–Crippen LogP) is 5.08. The lowest BCUT2D eigenvalue weighted by molar-refractivity contribution is -0.156. The number of halogens is 7. The molecule has 2 aliphatic heterocycles. The van der Waals surface area contributed by atoms with Gasteiger partial charge < -0.3 is 4.90 Å². The highest BCUT2D eigenvalue weighted by Crippen LogP contribution is 2.49. The number of aromatic nitrogens is 5. The van der Waals surface area contributed by atoms with Gasteiger partial charge in [-0.1, -0.05) is 48.4 Å². The summed E-state index contributed by atoms with van der Waals surface area (Å²) >= 11 is 0. The smallest absolute Gasteiger partial charge is 0.348 e. The van der Waals surface area contributed by atoms with Gasteiger partial charge in [0.25, 0.3) is 5.92 Å². The molecule has 0 bridgehead atoms. The Morgan fingerprint density at radius 2 is 1.68 bits per heavy atom. The van der Waals surface area contributed by atoms with E-state index in [1.54, 1.807) is 6.07 Å². The first-order valence-corrected chi connectivity index (χ1v) is 12.3. The number of anilines is 1. The van der Waals surface area contributed by atoms with Crippen molar-refractivity contribution >= 4 is 23.2 Å². The number of nitrogens with zero attached hydrogens (tertiary/aromatic N) is 7. The van der Waals surface area contributed by atoms with Crippen molar-refractivity contribution in [1.29, 1.82) is 0 Å². The zero-order chi connectivity index (χ0) is 29.2. The lowest BCUT2D eigenvalue weighted by Gasteiger charge is -2.21. The summed E-state index contributed by atoms with van der Waals surface area (Å²) in [6, 6.07) is 10.7. The fourth-order valence-electron chi connectivity index (χ4n) is 4.86. The summed E-state index contributed by atoms with van der Waals surface area (Å²) in [6.45, 7) is -1.40. The average molecular weight is 573 g/mol. The van der Waals surface area contributed by atoms with E-state index in [1.165, 1.54) is 42.5 Å². The van der Waals surface area contributed by atoms with E-state index in [1.807, 2.05) is 0 Å². The second kappa shape index (κ2) is 8.98. The van der Waals surface area contributed by atoms with E-state index >= 15 is 8.78 Å². The molecule has 0 radical (unpaired) electrons. The summed E-state index contributed by atoms with van der Waals surface area (Å²) in [6.07, 6.45) is 1.06. The van der Waals surface area contributed by atoms with Gasteiger partial charge >= 0.3 is 12.1 Å². The summed E-state index contributed by atoms with van der Waals surface area (Å²) in [7, 11) is 0. The van der Waals surface area contributed by atoms with Crippen LogP contribution in [0, 0.1) is 12.3 Å². The van der Waals surface area contributed by atoms with Crippen molar-refractivity contribution in [3.63, 3.8) is 0 Å². The molecular weight excluding hydrogens is 555 g/mol. The van der Waals surface area contributed by atoms with Crippen LogP contribution in [0.3, 0.4) is 0 Å². The van der Waals surface area contributed by atoms with Gasteiger partial charge in [0.05, 0.1) is 13.1 Å². The molecule has 6 rings (SSSR count). The molecule has 1 saturated heterocycles. The Bertz CT molecular complexity index is 1720. The normalized spacial score (nSPS) is 20.0. The Balaban J connectivity index is 1.48. The third kappa shape index (κ3) is 4.45. The molecule has 41 heavy (non-hydrogen) atoms. The number of hydrogen-bond acceptors (Lipinski definition) is 6. The van der Waals surface area contributed by atoms with Gasteiger partial charge in [-0.05, 0) is 11.6 Å². The van der Waals surface area contributed by atoms with Crippen molar-refractivity contribution in [1.82, 2.24) is 25.0 Å². The molecule has 210 valence electrons. The van der Waals surface area contributed by atoms with Crippen LogP contribution in [-0.4, -0.2) is 56.4 Å². The largest absolute Gasteiger partial charge is 0.422 e. The molecule has 0 amide bonds. The van der Waals surface area contributed by atoms with Crippen LogP contribution in [0.4, 0.5) is 36.6 Å². The summed E-state index contributed by atoms with van der Waals surface area (Å²) in [4.78, 5) is 13.4. The zero-order valence-electron chi connectivity index (χ0n) is 20.9. The van der Waals surface area contributed by atoms with Gasteiger partial charge in [0, 0.05) is 35.9 Å². The molecule has 0 N–H and O–H groups in total. The lowest BCUT2D eigenvalue weighted by atomic mass is 9.89. The highest BCUT2D eigenvalue weighted by atomic mass is 19.4. The summed E-state index contributed by atoms with van der Waals surface area (Å²) in [5.74, 6) is -5.74. The molecule has 1 unspecified atom stereocenters. The van der Waals surface area contributed by atoms with Crippen molar-refractivity contribution in [3.8, 4) is 12.3 Å². The fourth-order valence-corrected chi connectivity index (χ4v) is 4.86. The van der Waals surface area contributed by atoms with Crippen molar-refractivity contribution in [3.05, 3.63) is 76.6 Å². The minimum absolute atomic E-state index is 0.0298. The SMILES string of the molecule is C#Cc1cccc(C2(C(F)(F)F)C=N2)c1Cn1nc2nc(C(F)(F)c3ccccc3)nc(N3CCC(F)(F)C3)c2n1. The third-order valence-electron chi connectivity index (χ3n) is 7.02. The van der Waals surface area contributed by atoms with Gasteiger partial charge in [0.2, 0.25) is 17.0 Å². The van der Waals surface area contributed by atoms with Crippen LogP contribution >= 0.6 is 0 Å². The van der Waals surface area contributed by atoms with Gasteiger partial charge in [0.1, 0.15) is 0 Å². The molecule has 7 nitrogen and oxygen atoms in total. The van der Waals surface area contributed by atoms with Gasteiger partial charge in [-0.3, -0.25) is 4.99 Å². The fraction of sp³-hybridized carbons (Fsp3) is 0.296. The number of benzene rings is 2. The Morgan fingerprint density at radius 3 is 2.29 bits per heavy atom. The molecule has 2 aromatic heterocycles. The van der Waals surface area contributed by atoms with Crippen molar-refractivity contribution in [2.24, 2.45) is 4.99 Å². The Morgan fingerprint density at radius 1 is 0.951 bits per heavy atom. The van der Waals surface area contributed by atoms with Crippen LogP contribution in [0.2, 0.25) is 0 Å². The quantitative estimate of drug-likeness (QED) is 0.238. The molecule has 2 aromatic carbocycles. The number of rotatable bonds is 6. The van der Waals surface area contributed by atoms with Crippen LogP contribution < -0.4 is 4.90 Å². The maximum Gasteiger partial charge on any atom is 0.422 e. The average Bonchev–Trinajstić information content (AvgIpc) is 3.54. The topological polar surface area (TPSA) is 72.1 Å². The Hall–Kier alpha value is -4.54. The zero-order valence-corrected chi connectivity index (χ0v) is 20.9. The van der Waals surface area contributed by atoms with Gasteiger partial charge in [0.15, 0.2) is 11.3 Å². The number of aliphatic imine (C=N–C) groups is 1.